The molecule has 3 heteroatoms. The number of hydrogen-bond acceptors (Lipinski definition) is 1. The van der Waals surface area contributed by atoms with Gasteiger partial charge in [0.25, 0.3) is 0 Å². The molecule has 0 aliphatic carbocycles. The molecule has 19 heavy (non-hydrogen) atoms. The lowest BCUT2D eigenvalue weighted by molar-refractivity contribution is 0.606. The van der Waals surface area contributed by atoms with Gasteiger partial charge in [0.15, 0.2) is 0 Å². The fourth-order valence-electron chi connectivity index (χ4n) is 2.59. The molecular weight excluding hydrogens is 323 g/mol. The van der Waals surface area contributed by atoms with E-state index in [1.54, 1.807) is 23.9 Å². The van der Waals surface area contributed by atoms with Crippen molar-refractivity contribution in [2.45, 2.75) is 28.6 Å². The van der Waals surface area contributed by atoms with E-state index in [4.69, 9.17) is 0 Å². The maximum atomic E-state index is 13.5. The van der Waals surface area contributed by atoms with Crippen molar-refractivity contribution in [3.63, 3.8) is 0 Å². The largest absolute Gasteiger partial charge is 0.207 e. The minimum absolute atomic E-state index is 0.134. The van der Waals surface area contributed by atoms with Gasteiger partial charge in [0.05, 0.1) is 0 Å². The van der Waals surface area contributed by atoms with Gasteiger partial charge in [0, 0.05) is 15.1 Å². The summed E-state index contributed by atoms with van der Waals surface area (Å²) in [6.07, 6.45) is 2.02. The molecule has 0 fully saturated rings. The van der Waals surface area contributed by atoms with Gasteiger partial charge in [-0.1, -0.05) is 45.9 Å². The van der Waals surface area contributed by atoms with Crippen LogP contribution in [0.2, 0.25) is 0 Å². The van der Waals surface area contributed by atoms with Gasteiger partial charge in [0.2, 0.25) is 0 Å². The van der Waals surface area contributed by atoms with Gasteiger partial charge in [-0.15, -0.1) is 0 Å². The summed E-state index contributed by atoms with van der Waals surface area (Å²) in [7, 11) is 0. The highest BCUT2D eigenvalue weighted by molar-refractivity contribution is 9.09. The first-order chi connectivity index (χ1) is 9.28. The van der Waals surface area contributed by atoms with E-state index in [0.717, 1.165) is 23.7 Å². The fraction of sp³-hybridized carbons (Fsp3) is 0.250. The Balaban J connectivity index is 2.10. The second kappa shape index (κ2) is 5.68. The molecule has 0 saturated heterocycles. The topological polar surface area (TPSA) is 0 Å². The minimum Gasteiger partial charge on any atom is -0.207 e. The first-order valence-corrected chi connectivity index (χ1v) is 8.33. The van der Waals surface area contributed by atoms with E-state index in [-0.39, 0.29) is 5.82 Å². The number of rotatable bonds is 2. The van der Waals surface area contributed by atoms with Gasteiger partial charge in [-0.25, -0.2) is 4.39 Å². The van der Waals surface area contributed by atoms with Crippen LogP contribution in [0, 0.1) is 5.82 Å². The molecule has 2 aromatic carbocycles. The number of fused-ring (bicyclic) bond motifs is 2. The Morgan fingerprint density at radius 1 is 1.16 bits per heavy atom. The number of alkyl halides is 1. The molecule has 3 rings (SSSR count). The van der Waals surface area contributed by atoms with Crippen molar-refractivity contribution in [1.82, 2.24) is 0 Å². The predicted octanol–water partition coefficient (Wildman–Crippen LogP) is 5.40. The van der Waals surface area contributed by atoms with E-state index in [0.29, 0.717) is 5.92 Å². The van der Waals surface area contributed by atoms with Crippen LogP contribution in [0.3, 0.4) is 0 Å². The van der Waals surface area contributed by atoms with Crippen LogP contribution in [0.15, 0.2) is 52.3 Å². The van der Waals surface area contributed by atoms with E-state index >= 15 is 0 Å². The minimum atomic E-state index is -0.134. The Kier molecular flexibility index (Phi) is 3.94. The Bertz CT molecular complexity index is 597. The highest BCUT2D eigenvalue weighted by Crippen LogP contribution is 2.42. The third kappa shape index (κ3) is 2.72. The molecule has 1 atom stereocenters. The molecule has 0 radical (unpaired) electrons. The Hall–Kier alpha value is -0.800. The van der Waals surface area contributed by atoms with E-state index in [1.165, 1.54) is 15.4 Å². The van der Waals surface area contributed by atoms with Gasteiger partial charge in [-0.2, -0.15) is 0 Å². The zero-order valence-electron chi connectivity index (χ0n) is 10.4. The molecule has 1 heterocycles. The smallest absolute Gasteiger partial charge is 0.123 e. The molecule has 2 aromatic rings. The van der Waals surface area contributed by atoms with Crippen molar-refractivity contribution in [3.05, 3.63) is 59.4 Å². The van der Waals surface area contributed by atoms with E-state index in [9.17, 15) is 4.39 Å². The Labute approximate surface area is 125 Å². The molecular formula is C16H14BrFS. The molecule has 0 saturated carbocycles. The molecule has 0 bridgehead atoms. The molecule has 0 spiro atoms. The van der Waals surface area contributed by atoms with Gasteiger partial charge in [0.1, 0.15) is 5.82 Å². The standard InChI is InChI=1S/C16H14BrFS/c17-8-7-11-9-12-3-1-2-4-15(12)19-16-6-5-13(18)10-14(11)16/h1-6,10-11H,7-9H2. The Morgan fingerprint density at radius 2 is 2.00 bits per heavy atom. The summed E-state index contributed by atoms with van der Waals surface area (Å²) in [4.78, 5) is 2.49. The maximum absolute atomic E-state index is 13.5. The van der Waals surface area contributed by atoms with Crippen LogP contribution in [-0.2, 0) is 6.42 Å². The molecule has 98 valence electrons. The van der Waals surface area contributed by atoms with Gasteiger partial charge in [-0.3, -0.25) is 0 Å². The first kappa shape index (κ1) is 13.2. The second-order valence-electron chi connectivity index (χ2n) is 4.77. The summed E-state index contributed by atoms with van der Waals surface area (Å²) < 4.78 is 13.5. The van der Waals surface area contributed by atoms with E-state index < -0.39 is 0 Å². The van der Waals surface area contributed by atoms with E-state index in [1.807, 2.05) is 6.07 Å². The van der Waals surface area contributed by atoms with Crippen LogP contribution in [0.4, 0.5) is 4.39 Å². The van der Waals surface area contributed by atoms with Gasteiger partial charge >= 0.3 is 0 Å². The predicted molar refractivity (Wildman–Crippen MR) is 81.8 cm³/mol. The van der Waals surface area contributed by atoms with Crippen molar-refractivity contribution < 1.29 is 4.39 Å². The van der Waals surface area contributed by atoms with Gasteiger partial charge < -0.3 is 0 Å². The van der Waals surface area contributed by atoms with Crippen LogP contribution >= 0.6 is 27.7 Å². The Morgan fingerprint density at radius 3 is 2.84 bits per heavy atom. The summed E-state index contributed by atoms with van der Waals surface area (Å²) >= 11 is 5.28. The molecule has 1 unspecified atom stereocenters. The monoisotopic (exact) mass is 336 g/mol. The normalized spacial score (nSPS) is 17.5. The highest BCUT2D eigenvalue weighted by Gasteiger charge is 2.22. The summed E-state index contributed by atoms with van der Waals surface area (Å²) in [5, 5.41) is 0.945. The van der Waals surface area contributed by atoms with Crippen molar-refractivity contribution in [2.24, 2.45) is 0 Å². The van der Waals surface area contributed by atoms with Crippen molar-refractivity contribution in [3.8, 4) is 0 Å². The lowest BCUT2D eigenvalue weighted by atomic mass is 9.90. The van der Waals surface area contributed by atoms with Crippen molar-refractivity contribution in [2.75, 3.05) is 5.33 Å². The van der Waals surface area contributed by atoms with Crippen LogP contribution < -0.4 is 0 Å². The second-order valence-corrected chi connectivity index (χ2v) is 6.65. The molecule has 1 aliphatic rings. The van der Waals surface area contributed by atoms with Crippen LogP contribution in [0.25, 0.3) is 0 Å². The zero-order valence-corrected chi connectivity index (χ0v) is 12.8. The summed E-state index contributed by atoms with van der Waals surface area (Å²) in [5.41, 5.74) is 2.52. The summed E-state index contributed by atoms with van der Waals surface area (Å²) in [6, 6.07) is 13.7. The number of halogens is 2. The van der Waals surface area contributed by atoms with Gasteiger partial charge in [-0.05, 0) is 54.2 Å². The van der Waals surface area contributed by atoms with Crippen molar-refractivity contribution in [1.29, 1.82) is 0 Å². The lowest BCUT2D eigenvalue weighted by Gasteiger charge is -2.16. The van der Waals surface area contributed by atoms with Crippen LogP contribution in [0.5, 0.6) is 0 Å². The molecule has 1 aliphatic heterocycles. The van der Waals surface area contributed by atoms with E-state index in [2.05, 4.69) is 40.2 Å². The first-order valence-electron chi connectivity index (χ1n) is 6.39. The highest BCUT2D eigenvalue weighted by atomic mass is 79.9. The van der Waals surface area contributed by atoms with Crippen LogP contribution in [0.1, 0.15) is 23.5 Å². The maximum Gasteiger partial charge on any atom is 0.123 e. The molecule has 0 aromatic heterocycles. The lowest BCUT2D eigenvalue weighted by Crippen LogP contribution is -2.04. The average molecular weight is 337 g/mol. The number of hydrogen-bond donors (Lipinski definition) is 0. The van der Waals surface area contributed by atoms with Crippen molar-refractivity contribution >= 4 is 27.7 Å². The molecule has 0 N–H and O–H groups in total. The quantitative estimate of drug-likeness (QED) is 0.661. The zero-order chi connectivity index (χ0) is 13.2. The average Bonchev–Trinajstić information content (AvgIpc) is 2.56. The fourth-order valence-corrected chi connectivity index (χ4v) is 4.28. The molecule has 0 amide bonds. The van der Waals surface area contributed by atoms with Crippen LogP contribution in [-0.4, -0.2) is 5.33 Å². The number of benzene rings is 2. The molecule has 0 nitrogen and oxygen atoms in total. The SMILES string of the molecule is Fc1ccc2c(c1)C(CCBr)Cc1ccccc1S2. The third-order valence-electron chi connectivity index (χ3n) is 3.53. The summed E-state index contributed by atoms with van der Waals surface area (Å²) in [5.74, 6) is 0.256. The summed E-state index contributed by atoms with van der Waals surface area (Å²) in [6.45, 7) is 0. The third-order valence-corrected chi connectivity index (χ3v) is 5.20.